The van der Waals surface area contributed by atoms with Crippen LogP contribution in [0, 0.1) is 20.8 Å². The smallest absolute Gasteiger partial charge is 0.355 e. The van der Waals surface area contributed by atoms with E-state index in [1.54, 1.807) is 19.9 Å². The lowest BCUT2D eigenvalue weighted by Gasteiger charge is -2.13. The van der Waals surface area contributed by atoms with Gasteiger partial charge < -0.3 is 19.8 Å². The minimum atomic E-state index is -1.01. The van der Waals surface area contributed by atoms with Gasteiger partial charge in [0.15, 0.2) is 6.10 Å². The van der Waals surface area contributed by atoms with Crippen LogP contribution in [0.25, 0.3) is 0 Å². The molecule has 0 spiro atoms. The van der Waals surface area contributed by atoms with Crippen molar-refractivity contribution in [3.05, 3.63) is 52.3 Å². The maximum atomic E-state index is 12.4. The van der Waals surface area contributed by atoms with E-state index in [0.717, 1.165) is 5.56 Å². The first-order valence-corrected chi connectivity index (χ1v) is 8.10. The van der Waals surface area contributed by atoms with Crippen molar-refractivity contribution < 1.29 is 23.9 Å². The Labute approximate surface area is 151 Å². The number of aryl methyl sites for hydroxylation is 2. The molecule has 0 fully saturated rings. The fourth-order valence-corrected chi connectivity index (χ4v) is 2.60. The molecule has 0 radical (unpaired) electrons. The number of nitrogens with one attached hydrogen (secondary N) is 2. The number of anilines is 1. The molecular weight excluding hydrogens is 336 g/mol. The lowest BCUT2D eigenvalue weighted by molar-refractivity contribution is -0.123. The van der Waals surface area contributed by atoms with Crippen LogP contribution in [-0.4, -0.2) is 36.0 Å². The Bertz CT molecular complexity index is 854. The Hall–Kier alpha value is -3.09. The van der Waals surface area contributed by atoms with Crippen LogP contribution in [0.5, 0.6) is 0 Å². The zero-order chi connectivity index (χ0) is 19.4. The number of hydrogen-bond donors (Lipinski definition) is 2. The molecule has 1 atom stereocenters. The summed E-state index contributed by atoms with van der Waals surface area (Å²) in [5.41, 5.74) is 2.95. The lowest BCUT2D eigenvalue weighted by atomic mass is 10.1. The zero-order valence-electron chi connectivity index (χ0n) is 15.4. The number of aromatic amines is 1. The van der Waals surface area contributed by atoms with Crippen molar-refractivity contribution in [3.63, 3.8) is 0 Å². The standard InChI is InChI=1S/C19H22N2O5/c1-10-7-6-8-14(9-10)21-17(22)13(4)26-19(24)16-11(2)15(12(3)20-16)18(23)25-5/h6-9,13,20H,1-5H3,(H,21,22)/t13-/m1/s1. The molecular formula is C19H22N2O5. The molecule has 0 aliphatic carbocycles. The maximum absolute atomic E-state index is 12.4. The summed E-state index contributed by atoms with van der Waals surface area (Å²) >= 11 is 0. The largest absolute Gasteiger partial charge is 0.465 e. The summed E-state index contributed by atoms with van der Waals surface area (Å²) in [4.78, 5) is 39.2. The van der Waals surface area contributed by atoms with E-state index >= 15 is 0 Å². The van der Waals surface area contributed by atoms with E-state index in [4.69, 9.17) is 9.47 Å². The molecule has 1 aromatic carbocycles. The van der Waals surface area contributed by atoms with Gasteiger partial charge in [-0.2, -0.15) is 0 Å². The number of esters is 2. The van der Waals surface area contributed by atoms with Gasteiger partial charge in [-0.15, -0.1) is 0 Å². The molecule has 26 heavy (non-hydrogen) atoms. The molecule has 0 aliphatic rings. The van der Waals surface area contributed by atoms with Gasteiger partial charge in [0.1, 0.15) is 5.69 Å². The van der Waals surface area contributed by atoms with Crippen molar-refractivity contribution in [2.45, 2.75) is 33.8 Å². The SMILES string of the molecule is COC(=O)c1c(C)[nH]c(C(=O)O[C@H](C)C(=O)Nc2cccc(C)c2)c1C. The predicted octanol–water partition coefficient (Wildman–Crippen LogP) is 2.91. The number of methoxy groups -OCH3 is 1. The summed E-state index contributed by atoms with van der Waals surface area (Å²) in [6.45, 7) is 6.66. The third-order valence-electron chi connectivity index (χ3n) is 3.97. The number of carbonyl (C=O) groups excluding carboxylic acids is 3. The summed E-state index contributed by atoms with van der Waals surface area (Å²) in [6, 6.07) is 7.30. The van der Waals surface area contributed by atoms with Crippen LogP contribution in [-0.2, 0) is 14.3 Å². The highest BCUT2D eigenvalue weighted by Crippen LogP contribution is 2.20. The fourth-order valence-electron chi connectivity index (χ4n) is 2.60. The normalized spacial score (nSPS) is 11.6. The molecule has 7 nitrogen and oxygen atoms in total. The van der Waals surface area contributed by atoms with Crippen LogP contribution in [0.3, 0.4) is 0 Å². The first-order valence-electron chi connectivity index (χ1n) is 8.10. The number of H-pyrrole nitrogens is 1. The zero-order valence-corrected chi connectivity index (χ0v) is 15.4. The maximum Gasteiger partial charge on any atom is 0.355 e. The number of carbonyl (C=O) groups is 3. The van der Waals surface area contributed by atoms with Gasteiger partial charge in [0.2, 0.25) is 0 Å². The van der Waals surface area contributed by atoms with Crippen molar-refractivity contribution in [1.82, 2.24) is 4.98 Å². The molecule has 2 aromatic rings. The first-order chi connectivity index (χ1) is 12.2. The highest BCUT2D eigenvalue weighted by atomic mass is 16.5. The molecule has 0 unspecified atom stereocenters. The van der Waals surface area contributed by atoms with Gasteiger partial charge in [-0.25, -0.2) is 9.59 Å². The summed E-state index contributed by atoms with van der Waals surface area (Å²) in [6.07, 6.45) is -1.01. The Morgan fingerprint density at radius 1 is 1.12 bits per heavy atom. The summed E-state index contributed by atoms with van der Waals surface area (Å²) < 4.78 is 9.94. The number of hydrogen-bond acceptors (Lipinski definition) is 5. The first kappa shape index (κ1) is 19.2. The average molecular weight is 358 g/mol. The van der Waals surface area contributed by atoms with Crippen molar-refractivity contribution in [3.8, 4) is 0 Å². The molecule has 7 heteroatoms. The number of ether oxygens (including phenoxy) is 2. The Morgan fingerprint density at radius 3 is 2.42 bits per heavy atom. The number of aromatic nitrogens is 1. The van der Waals surface area contributed by atoms with Gasteiger partial charge in [0.05, 0.1) is 12.7 Å². The van der Waals surface area contributed by atoms with E-state index in [9.17, 15) is 14.4 Å². The Kier molecular flexibility index (Phi) is 5.82. The molecule has 1 aromatic heterocycles. The van der Waals surface area contributed by atoms with E-state index < -0.39 is 23.9 Å². The van der Waals surface area contributed by atoms with E-state index in [1.807, 2.05) is 25.1 Å². The molecule has 2 N–H and O–H groups in total. The Balaban J connectivity index is 2.09. The van der Waals surface area contributed by atoms with Crippen LogP contribution in [0.15, 0.2) is 24.3 Å². The minimum Gasteiger partial charge on any atom is -0.465 e. The fraction of sp³-hybridized carbons (Fsp3) is 0.316. The number of rotatable bonds is 5. The van der Waals surface area contributed by atoms with Gasteiger partial charge in [0, 0.05) is 11.4 Å². The van der Waals surface area contributed by atoms with E-state index in [0.29, 0.717) is 16.9 Å². The second-order valence-electron chi connectivity index (χ2n) is 6.02. The number of benzene rings is 1. The van der Waals surface area contributed by atoms with Crippen molar-refractivity contribution in [1.29, 1.82) is 0 Å². The van der Waals surface area contributed by atoms with Crippen LogP contribution in [0.1, 0.15) is 44.6 Å². The van der Waals surface area contributed by atoms with E-state index in [1.165, 1.54) is 14.0 Å². The third-order valence-corrected chi connectivity index (χ3v) is 3.97. The molecule has 0 saturated carbocycles. The molecule has 0 aliphatic heterocycles. The second kappa shape index (κ2) is 7.86. The minimum absolute atomic E-state index is 0.123. The quantitative estimate of drug-likeness (QED) is 0.801. The lowest BCUT2D eigenvalue weighted by Crippen LogP contribution is -2.30. The van der Waals surface area contributed by atoms with Crippen LogP contribution < -0.4 is 5.32 Å². The van der Waals surface area contributed by atoms with Gasteiger partial charge in [-0.1, -0.05) is 12.1 Å². The summed E-state index contributed by atoms with van der Waals surface area (Å²) in [5, 5.41) is 2.70. The topological polar surface area (TPSA) is 97.5 Å². The molecule has 138 valence electrons. The van der Waals surface area contributed by atoms with Crippen molar-refractivity contribution >= 4 is 23.5 Å². The summed E-state index contributed by atoms with van der Waals surface area (Å²) in [5.74, 6) is -1.70. The molecule has 0 saturated heterocycles. The number of amides is 1. The molecule has 1 amide bonds. The highest BCUT2D eigenvalue weighted by molar-refractivity contribution is 6.00. The monoisotopic (exact) mass is 358 g/mol. The average Bonchev–Trinajstić information content (AvgIpc) is 2.88. The summed E-state index contributed by atoms with van der Waals surface area (Å²) in [7, 11) is 1.27. The van der Waals surface area contributed by atoms with Gasteiger partial charge in [-0.05, 0) is 51.0 Å². The predicted molar refractivity (Wildman–Crippen MR) is 96.3 cm³/mol. The van der Waals surface area contributed by atoms with Gasteiger partial charge in [0.25, 0.3) is 5.91 Å². The highest BCUT2D eigenvalue weighted by Gasteiger charge is 2.26. The van der Waals surface area contributed by atoms with E-state index in [-0.39, 0.29) is 11.3 Å². The molecule has 1 heterocycles. The van der Waals surface area contributed by atoms with Crippen LogP contribution in [0.4, 0.5) is 5.69 Å². The second-order valence-corrected chi connectivity index (χ2v) is 6.02. The van der Waals surface area contributed by atoms with Crippen LogP contribution in [0.2, 0.25) is 0 Å². The van der Waals surface area contributed by atoms with Crippen LogP contribution >= 0.6 is 0 Å². The van der Waals surface area contributed by atoms with Gasteiger partial charge >= 0.3 is 11.9 Å². The van der Waals surface area contributed by atoms with Crippen molar-refractivity contribution in [2.24, 2.45) is 0 Å². The van der Waals surface area contributed by atoms with E-state index in [2.05, 4.69) is 10.3 Å². The van der Waals surface area contributed by atoms with Gasteiger partial charge in [-0.3, -0.25) is 4.79 Å². The third kappa shape index (κ3) is 4.11. The van der Waals surface area contributed by atoms with Crippen molar-refractivity contribution in [2.75, 3.05) is 12.4 Å². The molecule has 2 rings (SSSR count). The molecule has 0 bridgehead atoms. The Morgan fingerprint density at radius 2 is 1.81 bits per heavy atom.